The Kier molecular flexibility index (Phi) is 3.34. The number of thiophene rings is 1. The third kappa shape index (κ3) is 2.35. The highest BCUT2D eigenvalue weighted by atomic mass is 32.1. The van der Waals surface area contributed by atoms with Crippen molar-refractivity contribution in [1.82, 2.24) is 19.9 Å². The molecule has 0 spiro atoms. The second kappa shape index (κ2) is 5.30. The molecular weight excluding hydrogens is 274 g/mol. The minimum Gasteiger partial charge on any atom is -0.396 e. The second-order valence-electron chi connectivity index (χ2n) is 4.25. The maximum atomic E-state index is 12.1. The van der Waals surface area contributed by atoms with Crippen molar-refractivity contribution in [2.75, 3.05) is 12.3 Å². The number of carbonyl (C=O) groups is 1. The van der Waals surface area contributed by atoms with Crippen LogP contribution in [0.15, 0.2) is 37.1 Å². The van der Waals surface area contributed by atoms with E-state index in [1.165, 1.54) is 11.3 Å². The summed E-state index contributed by atoms with van der Waals surface area (Å²) in [5, 5.41) is 2.85. The van der Waals surface area contributed by atoms with Crippen molar-refractivity contribution in [3.63, 3.8) is 0 Å². The fraction of sp³-hybridized carbons (Fsp3) is 0.154. The van der Waals surface area contributed by atoms with Crippen LogP contribution in [0.1, 0.15) is 9.67 Å². The molecule has 0 fully saturated rings. The standard InChI is InChI=1S/C13H13N5OS/c14-10-11-9(2-1-3-16-11)20-12(10)13(19)17-5-7-18-6-4-15-8-18/h1-4,6,8H,5,7,14H2,(H,17,19). The molecule has 1 amide bonds. The third-order valence-corrected chi connectivity index (χ3v) is 4.06. The zero-order valence-corrected chi connectivity index (χ0v) is 11.4. The Labute approximate surface area is 119 Å². The summed E-state index contributed by atoms with van der Waals surface area (Å²) in [5.74, 6) is -0.161. The molecule has 3 rings (SSSR count). The highest BCUT2D eigenvalue weighted by Crippen LogP contribution is 2.31. The van der Waals surface area contributed by atoms with Crippen LogP contribution in [0.3, 0.4) is 0 Å². The van der Waals surface area contributed by atoms with E-state index in [1.807, 2.05) is 22.9 Å². The van der Waals surface area contributed by atoms with Crippen LogP contribution >= 0.6 is 11.3 Å². The predicted molar refractivity (Wildman–Crippen MR) is 78.6 cm³/mol. The number of rotatable bonds is 4. The molecule has 20 heavy (non-hydrogen) atoms. The maximum absolute atomic E-state index is 12.1. The molecule has 0 unspecified atom stereocenters. The van der Waals surface area contributed by atoms with E-state index >= 15 is 0 Å². The van der Waals surface area contributed by atoms with E-state index in [0.29, 0.717) is 29.2 Å². The molecule has 6 nitrogen and oxygen atoms in total. The van der Waals surface area contributed by atoms with Gasteiger partial charge in [0.15, 0.2) is 0 Å². The van der Waals surface area contributed by atoms with Gasteiger partial charge in [-0.05, 0) is 12.1 Å². The molecule has 3 aromatic rings. The number of nitrogen functional groups attached to an aromatic ring is 1. The van der Waals surface area contributed by atoms with E-state index in [9.17, 15) is 4.79 Å². The van der Waals surface area contributed by atoms with Gasteiger partial charge < -0.3 is 15.6 Å². The van der Waals surface area contributed by atoms with Crippen LogP contribution in [0, 0.1) is 0 Å². The van der Waals surface area contributed by atoms with Gasteiger partial charge in [-0.25, -0.2) is 4.98 Å². The number of nitrogens with one attached hydrogen (secondary N) is 1. The molecule has 0 aliphatic rings. The van der Waals surface area contributed by atoms with Gasteiger partial charge >= 0.3 is 0 Å². The molecule has 0 aliphatic heterocycles. The normalized spacial score (nSPS) is 10.8. The first-order valence-corrected chi connectivity index (χ1v) is 6.94. The van der Waals surface area contributed by atoms with Crippen LogP contribution < -0.4 is 11.1 Å². The Balaban J connectivity index is 1.71. The van der Waals surface area contributed by atoms with E-state index in [4.69, 9.17) is 5.73 Å². The predicted octanol–water partition coefficient (Wildman–Crippen LogP) is 1.50. The molecule has 3 N–H and O–H groups in total. The molecule has 0 atom stereocenters. The van der Waals surface area contributed by atoms with Crippen LogP contribution in [0.25, 0.3) is 10.2 Å². The number of carbonyl (C=O) groups excluding carboxylic acids is 1. The molecule has 102 valence electrons. The van der Waals surface area contributed by atoms with Crippen LogP contribution in [0.5, 0.6) is 0 Å². The van der Waals surface area contributed by atoms with Gasteiger partial charge in [-0.1, -0.05) is 0 Å². The van der Waals surface area contributed by atoms with Crippen molar-refractivity contribution >= 4 is 33.1 Å². The fourth-order valence-electron chi connectivity index (χ4n) is 1.91. The first-order valence-electron chi connectivity index (χ1n) is 6.12. The van der Waals surface area contributed by atoms with Crippen molar-refractivity contribution < 1.29 is 4.79 Å². The number of anilines is 1. The number of pyridine rings is 1. The molecule has 0 saturated heterocycles. The lowest BCUT2D eigenvalue weighted by atomic mass is 10.3. The van der Waals surface area contributed by atoms with Crippen molar-refractivity contribution in [3.8, 4) is 0 Å². The van der Waals surface area contributed by atoms with E-state index in [-0.39, 0.29) is 5.91 Å². The number of hydrogen-bond donors (Lipinski definition) is 2. The highest BCUT2D eigenvalue weighted by molar-refractivity contribution is 7.21. The summed E-state index contributed by atoms with van der Waals surface area (Å²) in [5.41, 5.74) is 7.12. The van der Waals surface area contributed by atoms with E-state index < -0.39 is 0 Å². The summed E-state index contributed by atoms with van der Waals surface area (Å²) in [6, 6.07) is 3.74. The Hall–Kier alpha value is -2.41. The smallest absolute Gasteiger partial charge is 0.263 e. The van der Waals surface area contributed by atoms with E-state index in [1.54, 1.807) is 18.7 Å². The van der Waals surface area contributed by atoms with Crippen molar-refractivity contribution in [3.05, 3.63) is 41.9 Å². The number of hydrogen-bond acceptors (Lipinski definition) is 5. The minimum atomic E-state index is -0.161. The molecule has 0 aliphatic carbocycles. The Morgan fingerprint density at radius 3 is 3.10 bits per heavy atom. The van der Waals surface area contributed by atoms with Crippen LogP contribution in [0.4, 0.5) is 5.69 Å². The Morgan fingerprint density at radius 2 is 2.35 bits per heavy atom. The second-order valence-corrected chi connectivity index (χ2v) is 5.30. The van der Waals surface area contributed by atoms with Gasteiger partial charge in [0.2, 0.25) is 0 Å². The first kappa shape index (κ1) is 12.6. The number of imidazole rings is 1. The molecule has 3 heterocycles. The Bertz CT molecular complexity index is 734. The third-order valence-electron chi connectivity index (χ3n) is 2.90. The summed E-state index contributed by atoms with van der Waals surface area (Å²) in [4.78, 5) is 20.8. The lowest BCUT2D eigenvalue weighted by molar-refractivity contribution is 0.0957. The highest BCUT2D eigenvalue weighted by Gasteiger charge is 2.16. The van der Waals surface area contributed by atoms with Gasteiger partial charge in [0.05, 0.1) is 16.7 Å². The van der Waals surface area contributed by atoms with Crippen molar-refractivity contribution in [1.29, 1.82) is 0 Å². The number of amides is 1. The first-order chi connectivity index (χ1) is 9.75. The average Bonchev–Trinajstić information content (AvgIpc) is 3.08. The number of aromatic nitrogens is 3. The zero-order chi connectivity index (χ0) is 13.9. The van der Waals surface area contributed by atoms with Crippen LogP contribution in [0.2, 0.25) is 0 Å². The summed E-state index contributed by atoms with van der Waals surface area (Å²) in [7, 11) is 0. The summed E-state index contributed by atoms with van der Waals surface area (Å²) < 4.78 is 2.82. The quantitative estimate of drug-likeness (QED) is 0.761. The molecule has 3 aromatic heterocycles. The van der Waals surface area contributed by atoms with Gasteiger partial charge in [0, 0.05) is 31.7 Å². The Morgan fingerprint density at radius 1 is 1.45 bits per heavy atom. The molecular formula is C13H13N5OS. The van der Waals surface area contributed by atoms with E-state index in [0.717, 1.165) is 4.70 Å². The summed E-state index contributed by atoms with van der Waals surface area (Å²) in [6.07, 6.45) is 6.94. The van der Waals surface area contributed by atoms with E-state index in [2.05, 4.69) is 15.3 Å². The average molecular weight is 287 g/mol. The molecule has 0 bridgehead atoms. The van der Waals surface area contributed by atoms with Crippen molar-refractivity contribution in [2.45, 2.75) is 6.54 Å². The van der Waals surface area contributed by atoms with Gasteiger partial charge in [-0.2, -0.15) is 0 Å². The van der Waals surface area contributed by atoms with Crippen molar-refractivity contribution in [2.24, 2.45) is 0 Å². The van der Waals surface area contributed by atoms with Gasteiger partial charge in [0.25, 0.3) is 5.91 Å². The van der Waals surface area contributed by atoms with Gasteiger partial charge in [0.1, 0.15) is 10.4 Å². The molecule has 0 saturated carbocycles. The van der Waals surface area contributed by atoms with Gasteiger partial charge in [-0.3, -0.25) is 9.78 Å². The molecule has 7 heteroatoms. The number of nitrogens with two attached hydrogens (primary N) is 1. The molecule has 0 aromatic carbocycles. The van der Waals surface area contributed by atoms with Crippen LogP contribution in [-0.4, -0.2) is 27.0 Å². The van der Waals surface area contributed by atoms with Gasteiger partial charge in [-0.15, -0.1) is 11.3 Å². The SMILES string of the molecule is Nc1c(C(=O)NCCn2ccnc2)sc2cccnc12. The fourth-order valence-corrected chi connectivity index (χ4v) is 2.91. The summed E-state index contributed by atoms with van der Waals surface area (Å²) in [6.45, 7) is 1.20. The zero-order valence-electron chi connectivity index (χ0n) is 10.6. The lowest BCUT2D eigenvalue weighted by Gasteiger charge is -2.04. The lowest BCUT2D eigenvalue weighted by Crippen LogP contribution is -2.26. The molecule has 0 radical (unpaired) electrons. The minimum absolute atomic E-state index is 0.161. The maximum Gasteiger partial charge on any atom is 0.263 e. The monoisotopic (exact) mass is 287 g/mol. The van der Waals surface area contributed by atoms with Crippen LogP contribution in [-0.2, 0) is 6.54 Å². The summed E-state index contributed by atoms with van der Waals surface area (Å²) >= 11 is 1.36. The largest absolute Gasteiger partial charge is 0.396 e. The topological polar surface area (TPSA) is 85.8 Å². The number of nitrogens with zero attached hydrogens (tertiary/aromatic N) is 3. The number of fused-ring (bicyclic) bond motifs is 1.